The zero-order chi connectivity index (χ0) is 10.7. The average Bonchev–Trinajstić information content (AvgIpc) is 2.74. The van der Waals surface area contributed by atoms with Crippen molar-refractivity contribution in [2.75, 3.05) is 11.9 Å². The van der Waals surface area contributed by atoms with Gasteiger partial charge in [-0.1, -0.05) is 0 Å². The van der Waals surface area contributed by atoms with Crippen molar-refractivity contribution in [2.45, 2.75) is 18.9 Å². The SMILES string of the molecule is O=C(Nc1ccc(Br)cn1)[C@H]1CCCN1. The first-order valence-electron chi connectivity index (χ1n) is 4.91. The van der Waals surface area contributed by atoms with Crippen LogP contribution in [0.3, 0.4) is 0 Å². The molecule has 15 heavy (non-hydrogen) atoms. The van der Waals surface area contributed by atoms with Crippen LogP contribution < -0.4 is 10.6 Å². The second-order valence-corrected chi connectivity index (χ2v) is 4.42. The highest BCUT2D eigenvalue weighted by molar-refractivity contribution is 9.10. The van der Waals surface area contributed by atoms with Gasteiger partial charge < -0.3 is 10.6 Å². The van der Waals surface area contributed by atoms with Gasteiger partial charge in [0.05, 0.1) is 6.04 Å². The number of aromatic nitrogens is 1. The number of carbonyl (C=O) groups excluding carboxylic acids is 1. The summed E-state index contributed by atoms with van der Waals surface area (Å²) in [6, 6.07) is 3.57. The van der Waals surface area contributed by atoms with E-state index in [2.05, 4.69) is 31.5 Å². The highest BCUT2D eigenvalue weighted by Gasteiger charge is 2.21. The van der Waals surface area contributed by atoms with E-state index >= 15 is 0 Å². The van der Waals surface area contributed by atoms with Gasteiger partial charge in [-0.2, -0.15) is 0 Å². The van der Waals surface area contributed by atoms with Crippen LogP contribution in [0, 0.1) is 0 Å². The molecule has 1 amide bonds. The summed E-state index contributed by atoms with van der Waals surface area (Å²) in [4.78, 5) is 15.8. The standard InChI is InChI=1S/C10H12BrN3O/c11-7-3-4-9(13-6-7)14-10(15)8-2-1-5-12-8/h3-4,6,8,12H,1-2,5H2,(H,13,14,15)/t8-/m1/s1. The molecule has 0 aromatic carbocycles. The van der Waals surface area contributed by atoms with Gasteiger partial charge in [0.2, 0.25) is 5.91 Å². The molecule has 1 atom stereocenters. The Bertz CT molecular complexity index is 346. The molecule has 1 aromatic rings. The van der Waals surface area contributed by atoms with Crippen LogP contribution in [0.5, 0.6) is 0 Å². The van der Waals surface area contributed by atoms with Gasteiger partial charge in [-0.15, -0.1) is 0 Å². The Morgan fingerprint density at radius 2 is 2.47 bits per heavy atom. The van der Waals surface area contributed by atoms with Crippen LogP contribution in [-0.4, -0.2) is 23.5 Å². The number of amides is 1. The summed E-state index contributed by atoms with van der Waals surface area (Å²) in [7, 11) is 0. The quantitative estimate of drug-likeness (QED) is 0.857. The van der Waals surface area contributed by atoms with Gasteiger partial charge >= 0.3 is 0 Å². The highest BCUT2D eigenvalue weighted by atomic mass is 79.9. The predicted octanol–water partition coefficient (Wildman–Crippen LogP) is 1.53. The highest BCUT2D eigenvalue weighted by Crippen LogP contribution is 2.12. The molecular formula is C10H12BrN3O. The third kappa shape index (κ3) is 2.76. The fraction of sp³-hybridized carbons (Fsp3) is 0.400. The second kappa shape index (κ2) is 4.72. The first kappa shape index (κ1) is 10.6. The summed E-state index contributed by atoms with van der Waals surface area (Å²) in [5.74, 6) is 0.597. The topological polar surface area (TPSA) is 54.0 Å². The van der Waals surface area contributed by atoms with E-state index in [1.54, 1.807) is 12.3 Å². The lowest BCUT2D eigenvalue weighted by Gasteiger charge is -2.10. The number of carbonyl (C=O) groups is 1. The predicted molar refractivity (Wildman–Crippen MR) is 61.6 cm³/mol. The molecule has 1 aliphatic heterocycles. The van der Waals surface area contributed by atoms with Crippen molar-refractivity contribution in [1.29, 1.82) is 0 Å². The van der Waals surface area contributed by atoms with Gasteiger partial charge in [0, 0.05) is 10.7 Å². The summed E-state index contributed by atoms with van der Waals surface area (Å²) < 4.78 is 0.902. The van der Waals surface area contributed by atoms with E-state index in [-0.39, 0.29) is 11.9 Å². The molecule has 0 bridgehead atoms. The van der Waals surface area contributed by atoms with Gasteiger partial charge in [0.1, 0.15) is 5.82 Å². The van der Waals surface area contributed by atoms with Gasteiger partial charge in [0.25, 0.3) is 0 Å². The zero-order valence-corrected chi connectivity index (χ0v) is 9.75. The first-order valence-corrected chi connectivity index (χ1v) is 5.71. The van der Waals surface area contributed by atoms with Gasteiger partial charge in [-0.3, -0.25) is 4.79 Å². The molecule has 5 heteroatoms. The molecule has 0 saturated carbocycles. The molecule has 0 unspecified atom stereocenters. The van der Waals surface area contributed by atoms with E-state index in [9.17, 15) is 4.79 Å². The molecule has 0 radical (unpaired) electrons. The van der Waals surface area contributed by atoms with Crippen molar-refractivity contribution in [3.63, 3.8) is 0 Å². The number of pyridine rings is 1. The fourth-order valence-corrected chi connectivity index (χ4v) is 1.81. The molecule has 2 heterocycles. The Morgan fingerprint density at radius 3 is 3.07 bits per heavy atom. The smallest absolute Gasteiger partial charge is 0.242 e. The van der Waals surface area contributed by atoms with Crippen LogP contribution in [0.4, 0.5) is 5.82 Å². The lowest BCUT2D eigenvalue weighted by Crippen LogP contribution is -2.35. The lowest BCUT2D eigenvalue weighted by molar-refractivity contribution is -0.117. The molecule has 0 spiro atoms. The number of halogens is 1. The van der Waals surface area contributed by atoms with Crippen molar-refractivity contribution in [3.8, 4) is 0 Å². The van der Waals surface area contributed by atoms with Crippen LogP contribution in [0.15, 0.2) is 22.8 Å². The van der Waals surface area contributed by atoms with Crippen LogP contribution in [0.25, 0.3) is 0 Å². The van der Waals surface area contributed by atoms with Crippen LogP contribution in [0.2, 0.25) is 0 Å². The number of anilines is 1. The monoisotopic (exact) mass is 269 g/mol. The van der Waals surface area contributed by atoms with E-state index < -0.39 is 0 Å². The molecule has 2 rings (SSSR count). The summed E-state index contributed by atoms with van der Waals surface area (Å²) in [6.45, 7) is 0.922. The van der Waals surface area contributed by atoms with Crippen LogP contribution in [-0.2, 0) is 4.79 Å². The maximum absolute atomic E-state index is 11.7. The molecule has 4 nitrogen and oxygen atoms in total. The van der Waals surface area contributed by atoms with Crippen LogP contribution >= 0.6 is 15.9 Å². The Kier molecular flexibility index (Phi) is 3.33. The minimum atomic E-state index is -0.0598. The third-order valence-electron chi connectivity index (χ3n) is 2.36. The largest absolute Gasteiger partial charge is 0.309 e. The Labute approximate surface area is 96.6 Å². The number of nitrogens with zero attached hydrogens (tertiary/aromatic N) is 1. The minimum absolute atomic E-state index is 0.00215. The molecule has 80 valence electrons. The van der Waals surface area contributed by atoms with Gasteiger partial charge in [-0.05, 0) is 47.4 Å². The Balaban J connectivity index is 1.96. The van der Waals surface area contributed by atoms with E-state index in [1.807, 2.05) is 6.07 Å². The second-order valence-electron chi connectivity index (χ2n) is 3.50. The van der Waals surface area contributed by atoms with Crippen LogP contribution in [0.1, 0.15) is 12.8 Å². The normalized spacial score (nSPS) is 20.2. The summed E-state index contributed by atoms with van der Waals surface area (Å²) >= 11 is 3.29. The number of nitrogens with one attached hydrogen (secondary N) is 2. The zero-order valence-electron chi connectivity index (χ0n) is 8.16. The average molecular weight is 270 g/mol. The summed E-state index contributed by atoms with van der Waals surface area (Å²) in [5.41, 5.74) is 0. The lowest BCUT2D eigenvalue weighted by atomic mass is 10.2. The van der Waals surface area contributed by atoms with Crippen molar-refractivity contribution in [3.05, 3.63) is 22.8 Å². The first-order chi connectivity index (χ1) is 7.25. The maximum Gasteiger partial charge on any atom is 0.242 e. The molecule has 1 fully saturated rings. The number of hydrogen-bond acceptors (Lipinski definition) is 3. The van der Waals surface area contributed by atoms with Crippen molar-refractivity contribution in [1.82, 2.24) is 10.3 Å². The maximum atomic E-state index is 11.7. The van der Waals surface area contributed by atoms with E-state index in [0.717, 1.165) is 23.9 Å². The van der Waals surface area contributed by atoms with Crippen molar-refractivity contribution < 1.29 is 4.79 Å². The minimum Gasteiger partial charge on any atom is -0.309 e. The number of hydrogen-bond donors (Lipinski definition) is 2. The van der Waals surface area contributed by atoms with Gasteiger partial charge in [0.15, 0.2) is 0 Å². The van der Waals surface area contributed by atoms with E-state index in [4.69, 9.17) is 0 Å². The molecule has 1 aromatic heterocycles. The number of rotatable bonds is 2. The molecule has 1 aliphatic rings. The Morgan fingerprint density at radius 1 is 1.60 bits per heavy atom. The summed E-state index contributed by atoms with van der Waals surface area (Å²) in [6.07, 6.45) is 3.63. The molecule has 0 aliphatic carbocycles. The van der Waals surface area contributed by atoms with E-state index in [0.29, 0.717) is 5.82 Å². The van der Waals surface area contributed by atoms with E-state index in [1.165, 1.54) is 0 Å². The fourth-order valence-electron chi connectivity index (χ4n) is 1.57. The van der Waals surface area contributed by atoms with Crippen molar-refractivity contribution >= 4 is 27.7 Å². The van der Waals surface area contributed by atoms with Gasteiger partial charge in [-0.25, -0.2) is 4.98 Å². The molecular weight excluding hydrogens is 258 g/mol. The third-order valence-corrected chi connectivity index (χ3v) is 2.82. The molecule has 1 saturated heterocycles. The van der Waals surface area contributed by atoms with Crippen molar-refractivity contribution in [2.24, 2.45) is 0 Å². The molecule has 2 N–H and O–H groups in total. The summed E-state index contributed by atoms with van der Waals surface area (Å²) in [5, 5.41) is 5.92. The Hall–Kier alpha value is -0.940.